The molecule has 2 atom stereocenters. The Morgan fingerprint density at radius 2 is 2.19 bits per heavy atom. The molecule has 1 aromatic heterocycles. The molecule has 21 heavy (non-hydrogen) atoms. The lowest BCUT2D eigenvalue weighted by atomic mass is 9.81. The van der Waals surface area contributed by atoms with Crippen molar-refractivity contribution in [1.29, 1.82) is 0 Å². The normalized spacial score (nSPS) is 23.4. The molecule has 1 fully saturated rings. The molecule has 1 heterocycles. The molecule has 1 aliphatic rings. The first kappa shape index (κ1) is 16.9. The van der Waals surface area contributed by atoms with E-state index in [0.29, 0.717) is 16.7 Å². The van der Waals surface area contributed by atoms with Crippen molar-refractivity contribution in [2.75, 3.05) is 6.54 Å². The minimum absolute atomic E-state index is 0.105. The maximum Gasteiger partial charge on any atom is 0.250 e. The SMILES string of the molecule is Cc1cc(S(=O)(=O)NCCC2CCCC(C)C2)sc1CO. The van der Waals surface area contributed by atoms with Gasteiger partial charge in [0.05, 0.1) is 6.61 Å². The van der Waals surface area contributed by atoms with Crippen LogP contribution in [0.1, 0.15) is 49.5 Å². The third-order valence-corrected chi connectivity index (χ3v) is 7.45. The number of sulfonamides is 1. The lowest BCUT2D eigenvalue weighted by molar-refractivity contribution is 0.271. The smallest absolute Gasteiger partial charge is 0.250 e. The van der Waals surface area contributed by atoms with Crippen LogP contribution in [0.15, 0.2) is 10.3 Å². The van der Waals surface area contributed by atoms with Gasteiger partial charge in [0, 0.05) is 11.4 Å². The Kier molecular flexibility index (Phi) is 5.82. The van der Waals surface area contributed by atoms with Gasteiger partial charge in [-0.1, -0.05) is 26.2 Å². The number of hydrogen-bond donors (Lipinski definition) is 2. The fraction of sp³-hybridized carbons (Fsp3) is 0.733. The summed E-state index contributed by atoms with van der Waals surface area (Å²) in [6, 6.07) is 1.64. The van der Waals surface area contributed by atoms with Crippen LogP contribution in [0, 0.1) is 18.8 Å². The molecule has 0 spiro atoms. The molecule has 0 aliphatic heterocycles. The molecule has 1 saturated carbocycles. The lowest BCUT2D eigenvalue weighted by Crippen LogP contribution is -2.26. The summed E-state index contributed by atoms with van der Waals surface area (Å²) < 4.78 is 27.5. The molecule has 1 aromatic rings. The van der Waals surface area contributed by atoms with E-state index in [4.69, 9.17) is 5.11 Å². The van der Waals surface area contributed by atoms with E-state index in [1.54, 1.807) is 6.07 Å². The monoisotopic (exact) mass is 331 g/mol. The third kappa shape index (κ3) is 4.52. The predicted octanol–water partition coefficient (Wildman–Crippen LogP) is 3.04. The van der Waals surface area contributed by atoms with Crippen molar-refractivity contribution in [2.24, 2.45) is 11.8 Å². The predicted molar refractivity (Wildman–Crippen MR) is 85.9 cm³/mol. The van der Waals surface area contributed by atoms with Gasteiger partial charge in [0.25, 0.3) is 0 Å². The van der Waals surface area contributed by atoms with E-state index < -0.39 is 10.0 Å². The first-order chi connectivity index (χ1) is 9.92. The highest BCUT2D eigenvalue weighted by Gasteiger charge is 2.21. The van der Waals surface area contributed by atoms with Gasteiger partial charge < -0.3 is 5.11 Å². The average Bonchev–Trinajstić information content (AvgIpc) is 2.81. The van der Waals surface area contributed by atoms with Crippen molar-refractivity contribution in [3.05, 3.63) is 16.5 Å². The van der Waals surface area contributed by atoms with Crippen molar-refractivity contribution >= 4 is 21.4 Å². The lowest BCUT2D eigenvalue weighted by Gasteiger charge is -2.26. The molecule has 2 unspecified atom stereocenters. The van der Waals surface area contributed by atoms with Crippen molar-refractivity contribution < 1.29 is 13.5 Å². The molecule has 2 N–H and O–H groups in total. The molecule has 2 rings (SSSR count). The summed E-state index contributed by atoms with van der Waals surface area (Å²) in [5, 5.41) is 9.16. The van der Waals surface area contributed by atoms with E-state index in [9.17, 15) is 8.42 Å². The zero-order valence-electron chi connectivity index (χ0n) is 12.8. The van der Waals surface area contributed by atoms with Gasteiger partial charge in [-0.05, 0) is 43.2 Å². The Bertz CT molecular complexity index is 565. The first-order valence-electron chi connectivity index (χ1n) is 7.62. The highest BCUT2D eigenvalue weighted by Crippen LogP contribution is 2.30. The van der Waals surface area contributed by atoms with E-state index in [0.717, 1.165) is 34.1 Å². The van der Waals surface area contributed by atoms with Crippen LogP contribution in [0.25, 0.3) is 0 Å². The molecule has 0 radical (unpaired) electrons. The fourth-order valence-corrected chi connectivity index (χ4v) is 5.61. The van der Waals surface area contributed by atoms with Gasteiger partial charge in [0.2, 0.25) is 10.0 Å². The minimum atomic E-state index is -3.43. The Labute approximate surface area is 131 Å². The molecule has 0 amide bonds. The third-order valence-electron chi connectivity index (χ3n) is 4.30. The standard InChI is InChI=1S/C15H25NO3S2/c1-11-4-3-5-13(8-11)6-7-16-21(18,19)15-9-12(2)14(10-17)20-15/h9,11,13,16-17H,3-8,10H2,1-2H3. The fourth-order valence-electron chi connectivity index (χ4n) is 3.07. The number of nitrogens with one attached hydrogen (secondary N) is 1. The molecule has 6 heteroatoms. The summed E-state index contributed by atoms with van der Waals surface area (Å²) in [6.45, 7) is 4.50. The van der Waals surface area contributed by atoms with E-state index in [-0.39, 0.29) is 6.61 Å². The summed E-state index contributed by atoms with van der Waals surface area (Å²) in [6.07, 6.45) is 5.93. The maximum atomic E-state index is 12.2. The number of hydrogen-bond acceptors (Lipinski definition) is 4. The van der Waals surface area contributed by atoms with Crippen molar-refractivity contribution in [3.8, 4) is 0 Å². The van der Waals surface area contributed by atoms with E-state index in [1.165, 1.54) is 25.7 Å². The zero-order chi connectivity index (χ0) is 15.5. The highest BCUT2D eigenvalue weighted by atomic mass is 32.2. The number of thiophene rings is 1. The van der Waals surface area contributed by atoms with Crippen LogP contribution in [0.5, 0.6) is 0 Å². The van der Waals surface area contributed by atoms with Gasteiger partial charge in [-0.25, -0.2) is 13.1 Å². The van der Waals surface area contributed by atoms with Crippen LogP contribution in [0.2, 0.25) is 0 Å². The molecule has 4 nitrogen and oxygen atoms in total. The van der Waals surface area contributed by atoms with Crippen LogP contribution in [-0.4, -0.2) is 20.1 Å². The van der Waals surface area contributed by atoms with Gasteiger partial charge in [-0.2, -0.15) is 0 Å². The largest absolute Gasteiger partial charge is 0.391 e. The second-order valence-electron chi connectivity index (χ2n) is 6.15. The molecule has 1 aliphatic carbocycles. The number of aliphatic hydroxyl groups excluding tert-OH is 1. The van der Waals surface area contributed by atoms with E-state index in [2.05, 4.69) is 11.6 Å². The Morgan fingerprint density at radius 1 is 1.43 bits per heavy atom. The molecule has 0 aromatic carbocycles. The topological polar surface area (TPSA) is 66.4 Å². The molecule has 0 bridgehead atoms. The Hall–Kier alpha value is -0.430. The molecule has 0 saturated heterocycles. The van der Waals surface area contributed by atoms with Crippen LogP contribution in [-0.2, 0) is 16.6 Å². The molecular formula is C15H25NO3S2. The van der Waals surface area contributed by atoms with Crippen LogP contribution < -0.4 is 4.72 Å². The number of aliphatic hydroxyl groups is 1. The van der Waals surface area contributed by atoms with Crippen LogP contribution in [0.3, 0.4) is 0 Å². The van der Waals surface area contributed by atoms with Crippen LogP contribution in [0.4, 0.5) is 0 Å². The summed E-state index contributed by atoms with van der Waals surface area (Å²) >= 11 is 1.15. The van der Waals surface area contributed by atoms with E-state index >= 15 is 0 Å². The van der Waals surface area contributed by atoms with Gasteiger partial charge in [0.1, 0.15) is 4.21 Å². The first-order valence-corrected chi connectivity index (χ1v) is 9.92. The summed E-state index contributed by atoms with van der Waals surface area (Å²) in [5.41, 5.74) is 0.837. The van der Waals surface area contributed by atoms with Gasteiger partial charge in [-0.15, -0.1) is 11.3 Å². The number of rotatable bonds is 6. The average molecular weight is 332 g/mol. The second kappa shape index (κ2) is 7.22. The van der Waals surface area contributed by atoms with E-state index in [1.807, 2.05) is 6.92 Å². The Balaban J connectivity index is 1.89. The van der Waals surface area contributed by atoms with Crippen molar-refractivity contribution in [3.63, 3.8) is 0 Å². The highest BCUT2D eigenvalue weighted by molar-refractivity contribution is 7.91. The Morgan fingerprint density at radius 3 is 2.81 bits per heavy atom. The summed E-state index contributed by atoms with van der Waals surface area (Å²) in [7, 11) is -3.43. The summed E-state index contributed by atoms with van der Waals surface area (Å²) in [5.74, 6) is 1.42. The summed E-state index contributed by atoms with van der Waals surface area (Å²) in [4.78, 5) is 0.719. The maximum absolute atomic E-state index is 12.2. The van der Waals surface area contributed by atoms with Gasteiger partial charge >= 0.3 is 0 Å². The van der Waals surface area contributed by atoms with Gasteiger partial charge in [-0.3, -0.25) is 0 Å². The zero-order valence-corrected chi connectivity index (χ0v) is 14.4. The molecule has 120 valence electrons. The minimum Gasteiger partial charge on any atom is -0.391 e. The van der Waals surface area contributed by atoms with Crippen molar-refractivity contribution in [1.82, 2.24) is 4.72 Å². The quantitative estimate of drug-likeness (QED) is 0.842. The second-order valence-corrected chi connectivity index (χ2v) is 9.28. The van der Waals surface area contributed by atoms with Crippen LogP contribution >= 0.6 is 11.3 Å². The van der Waals surface area contributed by atoms with Gasteiger partial charge in [0.15, 0.2) is 0 Å². The molecular weight excluding hydrogens is 306 g/mol. The van der Waals surface area contributed by atoms with Crippen molar-refractivity contribution in [2.45, 2.75) is 56.8 Å². The number of aryl methyl sites for hydroxylation is 1.